The van der Waals surface area contributed by atoms with Gasteiger partial charge in [0, 0.05) is 18.8 Å². The van der Waals surface area contributed by atoms with Crippen molar-refractivity contribution in [1.82, 2.24) is 30.3 Å². The molecule has 0 bridgehead atoms. The second-order valence-electron chi connectivity index (χ2n) is 3.71. The molecule has 1 atom stereocenters. The third-order valence-electron chi connectivity index (χ3n) is 2.36. The van der Waals surface area contributed by atoms with Crippen molar-refractivity contribution >= 4 is 0 Å². The van der Waals surface area contributed by atoms with Crippen LogP contribution in [0.15, 0.2) is 18.7 Å². The molecule has 0 aliphatic heterocycles. The zero-order valence-electron chi connectivity index (χ0n) is 9.51. The molecule has 0 fully saturated rings. The highest BCUT2D eigenvalue weighted by Crippen LogP contribution is 2.17. The number of nitrogens with one attached hydrogen (secondary N) is 2. The molecular formula is C10H16N6. The maximum atomic E-state index is 4.19. The highest BCUT2D eigenvalue weighted by Gasteiger charge is 2.17. The van der Waals surface area contributed by atoms with Crippen molar-refractivity contribution in [1.29, 1.82) is 0 Å². The van der Waals surface area contributed by atoms with Crippen LogP contribution in [0.25, 0.3) is 0 Å². The predicted molar refractivity (Wildman–Crippen MR) is 59.7 cm³/mol. The Balaban J connectivity index is 2.21. The minimum atomic E-state index is 0.0381. The van der Waals surface area contributed by atoms with Gasteiger partial charge in [0.2, 0.25) is 0 Å². The quantitative estimate of drug-likeness (QED) is 0.775. The van der Waals surface area contributed by atoms with Crippen LogP contribution in [0.1, 0.15) is 30.8 Å². The van der Waals surface area contributed by atoms with E-state index in [4.69, 9.17) is 0 Å². The standard InChI is InChI=1S/C10H16N6/c1-3-4-11-9(10-12-7-13-15-10)8-5-14-16(2)6-8/h5-7,9,11H,3-4H2,1-2H3,(H,12,13,15). The number of hydrogen-bond donors (Lipinski definition) is 2. The topological polar surface area (TPSA) is 71.4 Å². The predicted octanol–water partition coefficient (Wildman–Crippen LogP) is 0.627. The van der Waals surface area contributed by atoms with E-state index in [-0.39, 0.29) is 6.04 Å². The molecule has 0 aliphatic carbocycles. The first kappa shape index (κ1) is 10.8. The number of aromatic amines is 1. The van der Waals surface area contributed by atoms with Gasteiger partial charge in [-0.25, -0.2) is 4.98 Å². The van der Waals surface area contributed by atoms with Gasteiger partial charge in [0.1, 0.15) is 12.2 Å². The summed E-state index contributed by atoms with van der Waals surface area (Å²) < 4.78 is 1.78. The molecule has 2 rings (SSSR count). The Morgan fingerprint density at radius 1 is 1.56 bits per heavy atom. The number of nitrogens with zero attached hydrogens (tertiary/aromatic N) is 4. The molecule has 6 heteroatoms. The van der Waals surface area contributed by atoms with Crippen molar-refractivity contribution in [3.05, 3.63) is 30.1 Å². The summed E-state index contributed by atoms with van der Waals surface area (Å²) >= 11 is 0. The van der Waals surface area contributed by atoms with E-state index >= 15 is 0 Å². The van der Waals surface area contributed by atoms with Crippen molar-refractivity contribution in [3.8, 4) is 0 Å². The van der Waals surface area contributed by atoms with Crippen LogP contribution in [0.4, 0.5) is 0 Å². The molecular weight excluding hydrogens is 204 g/mol. The lowest BCUT2D eigenvalue weighted by molar-refractivity contribution is 0.573. The zero-order chi connectivity index (χ0) is 11.4. The van der Waals surface area contributed by atoms with Crippen molar-refractivity contribution < 1.29 is 0 Å². The number of H-pyrrole nitrogens is 1. The molecule has 0 aromatic carbocycles. The zero-order valence-corrected chi connectivity index (χ0v) is 9.51. The van der Waals surface area contributed by atoms with E-state index in [0.29, 0.717) is 0 Å². The lowest BCUT2D eigenvalue weighted by atomic mass is 10.1. The molecule has 0 saturated carbocycles. The summed E-state index contributed by atoms with van der Waals surface area (Å²) in [5, 5.41) is 14.4. The van der Waals surface area contributed by atoms with Crippen LogP contribution in [0.3, 0.4) is 0 Å². The first-order valence-corrected chi connectivity index (χ1v) is 5.38. The molecule has 0 amide bonds. The van der Waals surface area contributed by atoms with Crippen molar-refractivity contribution in [2.45, 2.75) is 19.4 Å². The second kappa shape index (κ2) is 4.89. The summed E-state index contributed by atoms with van der Waals surface area (Å²) in [6.45, 7) is 3.06. The van der Waals surface area contributed by atoms with Crippen LogP contribution in [-0.2, 0) is 7.05 Å². The van der Waals surface area contributed by atoms with Crippen LogP contribution in [0.2, 0.25) is 0 Å². The van der Waals surface area contributed by atoms with Crippen LogP contribution in [0.5, 0.6) is 0 Å². The van der Waals surface area contributed by atoms with Crippen LogP contribution in [-0.4, -0.2) is 31.5 Å². The van der Waals surface area contributed by atoms with E-state index in [2.05, 4.69) is 32.5 Å². The summed E-state index contributed by atoms with van der Waals surface area (Å²) in [6.07, 6.45) is 6.42. The Hall–Kier alpha value is -1.69. The highest BCUT2D eigenvalue weighted by atomic mass is 15.3. The molecule has 86 valence electrons. The Labute approximate surface area is 94.1 Å². The minimum Gasteiger partial charge on any atom is -0.304 e. The van der Waals surface area contributed by atoms with Gasteiger partial charge in [-0.05, 0) is 13.0 Å². The van der Waals surface area contributed by atoms with Gasteiger partial charge in [-0.1, -0.05) is 6.92 Å². The normalized spacial score (nSPS) is 12.9. The van der Waals surface area contributed by atoms with E-state index in [1.165, 1.54) is 6.33 Å². The molecule has 0 radical (unpaired) electrons. The van der Waals surface area contributed by atoms with E-state index in [1.807, 2.05) is 19.4 Å². The first-order valence-electron chi connectivity index (χ1n) is 5.38. The average Bonchev–Trinajstić information content (AvgIpc) is 2.91. The molecule has 2 heterocycles. The third kappa shape index (κ3) is 2.27. The third-order valence-corrected chi connectivity index (χ3v) is 2.36. The molecule has 0 spiro atoms. The van der Waals surface area contributed by atoms with Crippen molar-refractivity contribution in [2.24, 2.45) is 7.05 Å². The molecule has 0 aliphatic rings. The largest absolute Gasteiger partial charge is 0.304 e. The second-order valence-corrected chi connectivity index (χ2v) is 3.71. The Morgan fingerprint density at radius 2 is 2.44 bits per heavy atom. The number of aryl methyl sites for hydroxylation is 1. The number of aromatic nitrogens is 5. The van der Waals surface area contributed by atoms with Gasteiger partial charge in [-0.2, -0.15) is 10.2 Å². The average molecular weight is 220 g/mol. The van der Waals surface area contributed by atoms with Gasteiger partial charge < -0.3 is 5.32 Å². The molecule has 2 aromatic heterocycles. The SMILES string of the molecule is CCCNC(c1cnn(C)c1)c1ncn[nH]1. The van der Waals surface area contributed by atoms with Gasteiger partial charge in [0.15, 0.2) is 0 Å². The molecule has 0 saturated heterocycles. The van der Waals surface area contributed by atoms with Crippen LogP contribution >= 0.6 is 0 Å². The van der Waals surface area contributed by atoms with Gasteiger partial charge in [0.25, 0.3) is 0 Å². The molecule has 2 aromatic rings. The maximum Gasteiger partial charge on any atom is 0.146 e. The van der Waals surface area contributed by atoms with E-state index in [9.17, 15) is 0 Å². The summed E-state index contributed by atoms with van der Waals surface area (Å²) in [5.41, 5.74) is 1.09. The summed E-state index contributed by atoms with van der Waals surface area (Å²) in [6, 6.07) is 0.0381. The molecule has 6 nitrogen and oxygen atoms in total. The van der Waals surface area contributed by atoms with Crippen LogP contribution in [0, 0.1) is 0 Å². The Kier molecular flexibility index (Phi) is 3.31. The Morgan fingerprint density at radius 3 is 3.00 bits per heavy atom. The molecule has 1 unspecified atom stereocenters. The van der Waals surface area contributed by atoms with Gasteiger partial charge >= 0.3 is 0 Å². The van der Waals surface area contributed by atoms with Gasteiger partial charge in [-0.15, -0.1) is 0 Å². The van der Waals surface area contributed by atoms with E-state index in [0.717, 1.165) is 24.4 Å². The minimum absolute atomic E-state index is 0.0381. The van der Waals surface area contributed by atoms with Gasteiger partial charge in [0.05, 0.1) is 12.2 Å². The van der Waals surface area contributed by atoms with Crippen LogP contribution < -0.4 is 5.32 Å². The van der Waals surface area contributed by atoms with Gasteiger partial charge in [-0.3, -0.25) is 9.78 Å². The molecule has 16 heavy (non-hydrogen) atoms. The summed E-state index contributed by atoms with van der Waals surface area (Å²) in [4.78, 5) is 4.19. The Bertz CT molecular complexity index is 418. The van der Waals surface area contributed by atoms with Crippen molar-refractivity contribution in [2.75, 3.05) is 6.54 Å². The van der Waals surface area contributed by atoms with Crippen molar-refractivity contribution in [3.63, 3.8) is 0 Å². The lowest BCUT2D eigenvalue weighted by Gasteiger charge is -2.13. The monoisotopic (exact) mass is 220 g/mol. The van der Waals surface area contributed by atoms with E-state index < -0.39 is 0 Å². The number of rotatable bonds is 5. The molecule has 2 N–H and O–H groups in total. The lowest BCUT2D eigenvalue weighted by Crippen LogP contribution is -2.24. The highest BCUT2D eigenvalue weighted by molar-refractivity contribution is 5.18. The fraction of sp³-hybridized carbons (Fsp3) is 0.500. The summed E-state index contributed by atoms with van der Waals surface area (Å²) in [5.74, 6) is 0.821. The fourth-order valence-corrected chi connectivity index (χ4v) is 1.60. The smallest absolute Gasteiger partial charge is 0.146 e. The first-order chi connectivity index (χ1) is 7.81. The summed E-state index contributed by atoms with van der Waals surface area (Å²) in [7, 11) is 1.90. The maximum absolute atomic E-state index is 4.19. The number of hydrogen-bond acceptors (Lipinski definition) is 4. The fourth-order valence-electron chi connectivity index (χ4n) is 1.60. The van der Waals surface area contributed by atoms with E-state index in [1.54, 1.807) is 4.68 Å².